The van der Waals surface area contributed by atoms with Gasteiger partial charge in [-0.2, -0.15) is 0 Å². The van der Waals surface area contributed by atoms with Crippen molar-refractivity contribution in [3.05, 3.63) is 70.8 Å². The molecular weight excluding hydrogens is 504 g/mol. The fraction of sp³-hybridized carbons (Fsp3) is 0.517. The molecule has 0 aliphatic heterocycles. The number of nitrogens with one attached hydrogen (secondary N) is 2. The SMILES string of the molecule is CNC(=O)c1ccc(C2C(O)[C@@]3(O)C(c4ccc(C(=O)NC5CCCCC5)cc4)[C@@](O)([C@H](O)CO)[C@@]23O)cc1. The van der Waals surface area contributed by atoms with Gasteiger partial charge in [0.15, 0.2) is 0 Å². The predicted molar refractivity (Wildman–Crippen MR) is 140 cm³/mol. The minimum atomic E-state index is -2.44. The Morgan fingerprint density at radius 2 is 1.44 bits per heavy atom. The summed E-state index contributed by atoms with van der Waals surface area (Å²) < 4.78 is 0. The summed E-state index contributed by atoms with van der Waals surface area (Å²) >= 11 is 0. The quantitative estimate of drug-likeness (QED) is 0.240. The van der Waals surface area contributed by atoms with Crippen molar-refractivity contribution in [3.63, 3.8) is 0 Å². The number of benzene rings is 2. The fourth-order valence-electron chi connectivity index (χ4n) is 7.15. The minimum Gasteiger partial charge on any atom is -0.394 e. The van der Waals surface area contributed by atoms with Gasteiger partial charge in [-0.1, -0.05) is 43.5 Å². The molecule has 0 spiro atoms. The maximum Gasteiger partial charge on any atom is 0.251 e. The van der Waals surface area contributed by atoms with Crippen molar-refractivity contribution in [1.29, 1.82) is 0 Å². The van der Waals surface area contributed by atoms with Crippen LogP contribution in [0.1, 0.15) is 75.8 Å². The minimum absolute atomic E-state index is 0.116. The number of hydrogen-bond acceptors (Lipinski definition) is 8. The lowest BCUT2D eigenvalue weighted by molar-refractivity contribution is -0.459. The molecule has 0 aromatic heterocycles. The first-order valence-electron chi connectivity index (χ1n) is 13.4. The molecule has 10 heteroatoms. The highest BCUT2D eigenvalue weighted by Crippen LogP contribution is 2.75. The number of aliphatic hydroxyl groups is 6. The molecule has 0 saturated heterocycles. The highest BCUT2D eigenvalue weighted by molar-refractivity contribution is 5.94. The molecule has 210 valence electrons. The molecule has 0 heterocycles. The van der Waals surface area contributed by atoms with Gasteiger partial charge in [0, 0.05) is 30.1 Å². The summed E-state index contributed by atoms with van der Waals surface area (Å²) in [7, 11) is 1.48. The molecule has 3 aliphatic carbocycles. The predicted octanol–water partition coefficient (Wildman–Crippen LogP) is -0.0893. The Morgan fingerprint density at radius 3 is 1.97 bits per heavy atom. The lowest BCUT2D eigenvalue weighted by Crippen LogP contribution is -2.99. The molecule has 7 atom stereocenters. The third-order valence-electron chi connectivity index (χ3n) is 9.20. The smallest absolute Gasteiger partial charge is 0.251 e. The van der Waals surface area contributed by atoms with Crippen molar-refractivity contribution < 1.29 is 40.2 Å². The Balaban J connectivity index is 1.44. The van der Waals surface area contributed by atoms with Crippen LogP contribution >= 0.6 is 0 Å². The largest absolute Gasteiger partial charge is 0.394 e. The van der Waals surface area contributed by atoms with Gasteiger partial charge in [-0.15, -0.1) is 0 Å². The number of fused-ring (bicyclic) bond motifs is 1. The third kappa shape index (κ3) is 3.77. The second kappa shape index (κ2) is 9.96. The van der Waals surface area contributed by atoms with E-state index in [-0.39, 0.29) is 23.4 Å². The van der Waals surface area contributed by atoms with Crippen molar-refractivity contribution in [1.82, 2.24) is 10.6 Å². The molecule has 2 aromatic carbocycles. The van der Waals surface area contributed by atoms with Crippen LogP contribution in [0, 0.1) is 0 Å². The van der Waals surface area contributed by atoms with Crippen LogP contribution in [0.15, 0.2) is 48.5 Å². The number of rotatable bonds is 7. The molecule has 0 bridgehead atoms. The van der Waals surface area contributed by atoms with E-state index in [0.717, 1.165) is 32.1 Å². The lowest BCUT2D eigenvalue weighted by Gasteiger charge is -2.80. The summed E-state index contributed by atoms with van der Waals surface area (Å²) in [4.78, 5) is 24.7. The highest BCUT2D eigenvalue weighted by atomic mass is 16.5. The molecule has 3 unspecified atom stereocenters. The van der Waals surface area contributed by atoms with Crippen molar-refractivity contribution in [3.8, 4) is 0 Å². The Hall–Kier alpha value is -2.86. The first-order valence-corrected chi connectivity index (χ1v) is 13.4. The van der Waals surface area contributed by atoms with E-state index in [1.165, 1.54) is 55.6 Å². The maximum atomic E-state index is 12.8. The Labute approximate surface area is 226 Å². The zero-order valence-electron chi connectivity index (χ0n) is 21.7. The van der Waals surface area contributed by atoms with Crippen LogP contribution in [0.3, 0.4) is 0 Å². The van der Waals surface area contributed by atoms with E-state index in [4.69, 9.17) is 0 Å². The highest BCUT2D eigenvalue weighted by Gasteiger charge is 2.93. The van der Waals surface area contributed by atoms with Crippen molar-refractivity contribution in [2.24, 2.45) is 0 Å². The van der Waals surface area contributed by atoms with E-state index >= 15 is 0 Å². The van der Waals surface area contributed by atoms with Gasteiger partial charge < -0.3 is 41.3 Å². The van der Waals surface area contributed by atoms with Crippen LogP contribution in [-0.2, 0) is 0 Å². The summed E-state index contributed by atoms with van der Waals surface area (Å²) in [5.74, 6) is -3.17. The van der Waals surface area contributed by atoms with E-state index in [1.807, 2.05) is 0 Å². The lowest BCUT2D eigenvalue weighted by atomic mass is 9.30. The number of carbonyl (C=O) groups is 2. The van der Waals surface area contributed by atoms with E-state index in [2.05, 4.69) is 10.6 Å². The topological polar surface area (TPSA) is 180 Å². The number of hydrogen-bond donors (Lipinski definition) is 8. The van der Waals surface area contributed by atoms with E-state index in [9.17, 15) is 40.2 Å². The van der Waals surface area contributed by atoms with Gasteiger partial charge in [0.2, 0.25) is 0 Å². The van der Waals surface area contributed by atoms with Gasteiger partial charge in [-0.3, -0.25) is 9.59 Å². The number of amides is 2. The summed E-state index contributed by atoms with van der Waals surface area (Å²) in [6, 6.07) is 12.1. The average Bonchev–Trinajstić information content (AvgIpc) is 2.97. The van der Waals surface area contributed by atoms with Gasteiger partial charge in [-0.05, 0) is 48.2 Å². The molecule has 39 heavy (non-hydrogen) atoms. The molecule has 8 N–H and O–H groups in total. The standard InChI is InChI=1S/C29H36N2O8/c1-30-25(35)18-11-7-16(8-12-18)22-24(34)28(38)23(27(37,21(33)15-32)29(22,28)39)17-9-13-19(14-10-17)26(36)31-20-5-3-2-4-6-20/h7-14,20-24,32-34,37-39H,2-6,15H2,1H3,(H,30,35)(H,31,36)/t21-,22?,23?,24?,27+,28+,29+/m1/s1. The molecule has 3 saturated carbocycles. The summed E-state index contributed by atoms with van der Waals surface area (Å²) in [6.45, 7) is -0.911. The van der Waals surface area contributed by atoms with Crippen LogP contribution in [0.4, 0.5) is 0 Å². The van der Waals surface area contributed by atoms with Gasteiger partial charge in [-0.25, -0.2) is 0 Å². The fourth-order valence-corrected chi connectivity index (χ4v) is 7.15. The van der Waals surface area contributed by atoms with Crippen molar-refractivity contribution in [2.75, 3.05) is 13.7 Å². The zero-order valence-corrected chi connectivity index (χ0v) is 21.7. The van der Waals surface area contributed by atoms with Gasteiger partial charge >= 0.3 is 0 Å². The maximum absolute atomic E-state index is 12.8. The van der Waals surface area contributed by atoms with Crippen LogP contribution in [0.5, 0.6) is 0 Å². The van der Waals surface area contributed by atoms with Gasteiger partial charge in [0.25, 0.3) is 11.8 Å². The second-order valence-electron chi connectivity index (χ2n) is 11.1. The molecule has 0 radical (unpaired) electrons. The molecule has 10 nitrogen and oxygen atoms in total. The van der Waals surface area contributed by atoms with Crippen LogP contribution in [0.2, 0.25) is 0 Å². The zero-order chi connectivity index (χ0) is 28.2. The van der Waals surface area contributed by atoms with Crippen LogP contribution in [-0.4, -0.2) is 91.2 Å². The molecule has 3 fully saturated rings. The summed E-state index contributed by atoms with van der Waals surface area (Å²) in [6.07, 6.45) is 1.75. The number of aliphatic hydroxyl groups excluding tert-OH is 3. The van der Waals surface area contributed by atoms with Crippen LogP contribution < -0.4 is 10.6 Å². The van der Waals surface area contributed by atoms with Crippen molar-refractivity contribution >= 4 is 11.8 Å². The number of carbonyl (C=O) groups excluding carboxylic acids is 2. The molecular formula is C29H36N2O8. The molecule has 3 aliphatic rings. The average molecular weight is 541 g/mol. The molecule has 5 rings (SSSR count). The van der Waals surface area contributed by atoms with Crippen molar-refractivity contribution in [2.45, 2.75) is 79.0 Å². The monoisotopic (exact) mass is 540 g/mol. The van der Waals surface area contributed by atoms with Gasteiger partial charge in [0.1, 0.15) is 22.9 Å². The van der Waals surface area contributed by atoms with Gasteiger partial charge in [0.05, 0.1) is 18.6 Å². The van der Waals surface area contributed by atoms with E-state index < -0.39 is 47.5 Å². The molecule has 2 amide bonds. The Bertz CT molecular complexity index is 1230. The van der Waals surface area contributed by atoms with E-state index in [0.29, 0.717) is 16.7 Å². The molecule has 2 aromatic rings. The summed E-state index contributed by atoms with van der Waals surface area (Å²) in [5, 5.41) is 72.3. The summed E-state index contributed by atoms with van der Waals surface area (Å²) in [5.41, 5.74) is -5.79. The Morgan fingerprint density at radius 1 is 0.897 bits per heavy atom. The Kier molecular flexibility index (Phi) is 7.07. The van der Waals surface area contributed by atoms with Crippen LogP contribution in [0.25, 0.3) is 0 Å². The first kappa shape index (κ1) is 27.7. The normalized spacial score (nSPS) is 34.7. The third-order valence-corrected chi connectivity index (χ3v) is 9.20. The van der Waals surface area contributed by atoms with E-state index in [1.54, 1.807) is 0 Å². The second-order valence-corrected chi connectivity index (χ2v) is 11.1. The first-order chi connectivity index (χ1) is 18.5.